The summed E-state index contributed by atoms with van der Waals surface area (Å²) >= 11 is 5.92. The maximum atomic E-state index is 11.2. The lowest BCUT2D eigenvalue weighted by Gasteiger charge is -2.01. The smallest absolute Gasteiger partial charge is 0.281 e. The van der Waals surface area contributed by atoms with Crippen molar-refractivity contribution >= 4 is 23.6 Å². The van der Waals surface area contributed by atoms with E-state index in [1.165, 1.54) is 6.08 Å². The molecule has 1 aromatic carbocycles. The minimum absolute atomic E-state index is 0.109. The molecule has 5 nitrogen and oxygen atoms in total. The van der Waals surface area contributed by atoms with Gasteiger partial charge in [0.05, 0.1) is 5.70 Å². The SMILES string of the molecule is O=NC1=C(O)/C(=C\c2ccccc2Cl)NC1=O. The van der Waals surface area contributed by atoms with Crippen molar-refractivity contribution in [2.75, 3.05) is 0 Å². The van der Waals surface area contributed by atoms with Gasteiger partial charge in [-0.3, -0.25) is 4.79 Å². The fourth-order valence-electron chi connectivity index (χ4n) is 1.41. The first kappa shape index (κ1) is 11.3. The highest BCUT2D eigenvalue weighted by Crippen LogP contribution is 2.24. The Labute approximate surface area is 101 Å². The van der Waals surface area contributed by atoms with Crippen LogP contribution in [0.15, 0.2) is 46.6 Å². The van der Waals surface area contributed by atoms with Gasteiger partial charge in [-0.25, -0.2) is 0 Å². The number of carbonyl (C=O) groups excluding carboxylic acids is 1. The van der Waals surface area contributed by atoms with E-state index in [4.69, 9.17) is 11.6 Å². The highest BCUT2D eigenvalue weighted by molar-refractivity contribution is 6.32. The zero-order valence-electron chi connectivity index (χ0n) is 8.48. The van der Waals surface area contributed by atoms with Crippen LogP contribution in [-0.2, 0) is 4.79 Å². The second-order valence-corrected chi connectivity index (χ2v) is 3.73. The van der Waals surface area contributed by atoms with Crippen molar-refractivity contribution in [3.8, 4) is 0 Å². The lowest BCUT2D eigenvalue weighted by molar-refractivity contribution is -0.116. The van der Waals surface area contributed by atoms with Crippen LogP contribution >= 0.6 is 11.6 Å². The number of hydrogen-bond donors (Lipinski definition) is 2. The molecule has 0 saturated heterocycles. The second-order valence-electron chi connectivity index (χ2n) is 3.32. The number of benzene rings is 1. The summed E-state index contributed by atoms with van der Waals surface area (Å²) in [5.41, 5.74) is 0.198. The van der Waals surface area contributed by atoms with E-state index < -0.39 is 17.4 Å². The molecule has 6 heteroatoms. The Balaban J connectivity index is 2.44. The van der Waals surface area contributed by atoms with Gasteiger partial charge in [-0.1, -0.05) is 29.8 Å². The monoisotopic (exact) mass is 250 g/mol. The molecule has 1 amide bonds. The molecule has 2 rings (SSSR count). The summed E-state index contributed by atoms with van der Waals surface area (Å²) in [6, 6.07) is 6.89. The number of halogens is 1. The molecule has 1 aliphatic heterocycles. The molecule has 0 bridgehead atoms. The number of carbonyl (C=O) groups is 1. The molecule has 0 fully saturated rings. The second kappa shape index (κ2) is 4.39. The van der Waals surface area contributed by atoms with E-state index in [-0.39, 0.29) is 5.70 Å². The van der Waals surface area contributed by atoms with Gasteiger partial charge < -0.3 is 10.4 Å². The fraction of sp³-hybridized carbons (Fsp3) is 0. The summed E-state index contributed by atoms with van der Waals surface area (Å²) in [6.45, 7) is 0. The fourth-order valence-corrected chi connectivity index (χ4v) is 1.60. The molecule has 1 aliphatic rings. The van der Waals surface area contributed by atoms with E-state index in [9.17, 15) is 14.8 Å². The lowest BCUT2D eigenvalue weighted by atomic mass is 10.2. The third-order valence-corrected chi connectivity index (χ3v) is 2.58. The number of aliphatic hydroxyl groups is 1. The average Bonchev–Trinajstić information content (AvgIpc) is 2.57. The molecule has 0 atom stereocenters. The van der Waals surface area contributed by atoms with Crippen LogP contribution in [0.4, 0.5) is 0 Å². The van der Waals surface area contributed by atoms with Crippen molar-refractivity contribution in [2.24, 2.45) is 5.18 Å². The van der Waals surface area contributed by atoms with Crippen LogP contribution in [0.2, 0.25) is 5.02 Å². The third kappa shape index (κ3) is 2.05. The predicted molar refractivity (Wildman–Crippen MR) is 63.0 cm³/mol. The van der Waals surface area contributed by atoms with Crippen LogP contribution in [0.3, 0.4) is 0 Å². The summed E-state index contributed by atoms with van der Waals surface area (Å²) in [5.74, 6) is -1.19. The number of nitroso groups, excluding NO2 is 1. The summed E-state index contributed by atoms with van der Waals surface area (Å²) in [6.07, 6.45) is 1.47. The topological polar surface area (TPSA) is 78.8 Å². The number of hydrogen-bond acceptors (Lipinski definition) is 4. The zero-order valence-corrected chi connectivity index (χ0v) is 9.23. The van der Waals surface area contributed by atoms with Gasteiger partial charge in [0.2, 0.25) is 5.70 Å². The largest absolute Gasteiger partial charge is 0.504 e. The van der Waals surface area contributed by atoms with Gasteiger partial charge in [0.25, 0.3) is 5.91 Å². The van der Waals surface area contributed by atoms with Gasteiger partial charge >= 0.3 is 0 Å². The Kier molecular flexibility index (Phi) is 2.93. The van der Waals surface area contributed by atoms with Crippen LogP contribution in [-0.4, -0.2) is 11.0 Å². The minimum atomic E-state index is -0.726. The van der Waals surface area contributed by atoms with Gasteiger partial charge in [-0.2, -0.15) is 0 Å². The van der Waals surface area contributed by atoms with Gasteiger partial charge in [0.15, 0.2) is 5.76 Å². The minimum Gasteiger partial charge on any atom is -0.504 e. The standard InChI is InChI=1S/C11H7ClN2O3/c12-7-4-2-1-3-6(7)5-8-10(15)9(14-17)11(16)13-8/h1-5,15H,(H,13,16)/b8-5+. The van der Waals surface area contributed by atoms with Crippen LogP contribution in [0.1, 0.15) is 5.56 Å². The molecule has 2 N–H and O–H groups in total. The highest BCUT2D eigenvalue weighted by atomic mass is 35.5. The molecule has 17 heavy (non-hydrogen) atoms. The van der Waals surface area contributed by atoms with Crippen molar-refractivity contribution in [3.63, 3.8) is 0 Å². The van der Waals surface area contributed by atoms with Crippen molar-refractivity contribution in [3.05, 3.63) is 56.9 Å². The molecule has 0 saturated carbocycles. The first-order chi connectivity index (χ1) is 8.13. The molecule has 1 aromatic rings. The van der Waals surface area contributed by atoms with Gasteiger partial charge in [0, 0.05) is 5.02 Å². The third-order valence-electron chi connectivity index (χ3n) is 2.24. The molecule has 0 aromatic heterocycles. The van der Waals surface area contributed by atoms with E-state index in [0.29, 0.717) is 10.6 Å². The van der Waals surface area contributed by atoms with Crippen molar-refractivity contribution in [1.29, 1.82) is 0 Å². The Morgan fingerprint density at radius 2 is 2.06 bits per heavy atom. The number of rotatable bonds is 2. The first-order valence-corrected chi connectivity index (χ1v) is 5.06. The summed E-state index contributed by atoms with van der Waals surface area (Å²) in [4.78, 5) is 21.5. The normalized spacial score (nSPS) is 17.5. The first-order valence-electron chi connectivity index (χ1n) is 4.68. The van der Waals surface area contributed by atoms with E-state index in [1.54, 1.807) is 24.3 Å². The van der Waals surface area contributed by atoms with Crippen LogP contribution in [0.25, 0.3) is 6.08 Å². The van der Waals surface area contributed by atoms with Crippen LogP contribution in [0.5, 0.6) is 0 Å². The van der Waals surface area contributed by atoms with Gasteiger partial charge in [0.1, 0.15) is 0 Å². The Bertz CT molecular complexity index is 564. The number of aliphatic hydroxyl groups excluding tert-OH is 1. The van der Waals surface area contributed by atoms with E-state index >= 15 is 0 Å². The van der Waals surface area contributed by atoms with E-state index in [1.807, 2.05) is 0 Å². The number of amides is 1. The maximum absolute atomic E-state index is 11.2. The Morgan fingerprint density at radius 1 is 1.35 bits per heavy atom. The predicted octanol–water partition coefficient (Wildman–Crippen LogP) is 2.35. The number of nitrogens with one attached hydrogen (secondary N) is 1. The molecule has 0 aliphatic carbocycles. The molecule has 1 heterocycles. The molecular weight excluding hydrogens is 244 g/mol. The molecular formula is C11H7ClN2O3. The quantitative estimate of drug-likeness (QED) is 0.791. The molecule has 86 valence electrons. The Hall–Kier alpha value is -2.14. The Morgan fingerprint density at radius 3 is 2.65 bits per heavy atom. The van der Waals surface area contributed by atoms with E-state index in [2.05, 4.69) is 10.5 Å². The summed E-state index contributed by atoms with van der Waals surface area (Å²) in [5, 5.41) is 14.8. The van der Waals surface area contributed by atoms with Gasteiger partial charge in [-0.05, 0) is 22.9 Å². The average molecular weight is 251 g/mol. The lowest BCUT2D eigenvalue weighted by Crippen LogP contribution is -2.15. The van der Waals surface area contributed by atoms with Crippen molar-refractivity contribution < 1.29 is 9.90 Å². The van der Waals surface area contributed by atoms with Crippen LogP contribution < -0.4 is 5.32 Å². The maximum Gasteiger partial charge on any atom is 0.281 e. The zero-order chi connectivity index (χ0) is 12.4. The number of nitrogens with zero attached hydrogens (tertiary/aromatic N) is 1. The highest BCUT2D eigenvalue weighted by Gasteiger charge is 2.28. The summed E-state index contributed by atoms with van der Waals surface area (Å²) < 4.78 is 0. The van der Waals surface area contributed by atoms with Crippen molar-refractivity contribution in [1.82, 2.24) is 5.32 Å². The molecule has 0 radical (unpaired) electrons. The molecule has 0 unspecified atom stereocenters. The van der Waals surface area contributed by atoms with Crippen molar-refractivity contribution in [2.45, 2.75) is 0 Å². The summed E-state index contributed by atoms with van der Waals surface area (Å²) in [7, 11) is 0. The van der Waals surface area contributed by atoms with Crippen LogP contribution in [0, 0.1) is 4.91 Å². The van der Waals surface area contributed by atoms with Gasteiger partial charge in [-0.15, -0.1) is 4.91 Å². The van der Waals surface area contributed by atoms with E-state index in [0.717, 1.165) is 0 Å². The molecule has 0 spiro atoms.